The number of sulfonamides is 1. The molecule has 0 amide bonds. The first-order valence-electron chi connectivity index (χ1n) is 6.70. The number of carbonyl (C=O) groups is 1. The molecule has 108 valence electrons. The molecule has 1 N–H and O–H groups in total. The number of carboxylic acid groups (broad SMARTS) is 1. The number of nitrogens with zero attached hydrogens (tertiary/aromatic N) is 1. The van der Waals surface area contributed by atoms with Gasteiger partial charge in [-0.2, -0.15) is 4.31 Å². The van der Waals surface area contributed by atoms with Gasteiger partial charge in [0.15, 0.2) is 0 Å². The van der Waals surface area contributed by atoms with Crippen molar-refractivity contribution in [2.75, 3.05) is 7.05 Å². The minimum atomic E-state index is -3.45. The zero-order chi connectivity index (χ0) is 14.5. The standard InChI is InChI=1S/C14H17NO4S/c1-15(11-4-5-11)20(18,19)12-6-2-10(3-7-12)14(8-9-14)13(16)17/h2-3,6-7,11H,4-5,8-9H2,1H3,(H,16,17). The van der Waals surface area contributed by atoms with E-state index in [0.717, 1.165) is 12.8 Å². The molecule has 0 heterocycles. The van der Waals surface area contributed by atoms with Crippen LogP contribution in [0, 0.1) is 0 Å². The second-order valence-corrected chi connectivity index (χ2v) is 7.66. The van der Waals surface area contributed by atoms with Gasteiger partial charge < -0.3 is 5.11 Å². The van der Waals surface area contributed by atoms with Gasteiger partial charge in [0.05, 0.1) is 10.3 Å². The summed E-state index contributed by atoms with van der Waals surface area (Å²) in [5.41, 5.74) is -0.0944. The number of benzene rings is 1. The summed E-state index contributed by atoms with van der Waals surface area (Å²) in [7, 11) is -1.85. The van der Waals surface area contributed by atoms with Crippen LogP contribution in [0.4, 0.5) is 0 Å². The van der Waals surface area contributed by atoms with E-state index in [2.05, 4.69) is 0 Å². The molecule has 2 saturated carbocycles. The van der Waals surface area contributed by atoms with Crippen molar-refractivity contribution in [3.63, 3.8) is 0 Å². The Morgan fingerprint density at radius 3 is 2.20 bits per heavy atom. The van der Waals surface area contributed by atoms with Crippen LogP contribution in [0.3, 0.4) is 0 Å². The summed E-state index contributed by atoms with van der Waals surface area (Å²) in [6.45, 7) is 0. The van der Waals surface area contributed by atoms with E-state index in [1.54, 1.807) is 19.2 Å². The molecule has 0 aliphatic heterocycles. The molecule has 0 spiro atoms. The van der Waals surface area contributed by atoms with Crippen molar-refractivity contribution < 1.29 is 18.3 Å². The Balaban J connectivity index is 1.88. The molecule has 5 nitrogen and oxygen atoms in total. The lowest BCUT2D eigenvalue weighted by atomic mass is 9.96. The van der Waals surface area contributed by atoms with Crippen molar-refractivity contribution in [2.45, 2.75) is 42.0 Å². The van der Waals surface area contributed by atoms with Crippen LogP contribution in [0.2, 0.25) is 0 Å². The molecule has 1 aromatic rings. The normalized spacial score (nSPS) is 20.9. The minimum Gasteiger partial charge on any atom is -0.481 e. The molecule has 0 radical (unpaired) electrons. The lowest BCUT2D eigenvalue weighted by Crippen LogP contribution is -2.29. The molecule has 0 unspecified atom stereocenters. The maximum absolute atomic E-state index is 12.3. The fourth-order valence-corrected chi connectivity index (χ4v) is 3.91. The maximum atomic E-state index is 12.3. The van der Waals surface area contributed by atoms with Crippen LogP contribution in [0.15, 0.2) is 29.2 Å². The Morgan fingerprint density at radius 1 is 1.25 bits per heavy atom. The molecule has 2 aliphatic carbocycles. The zero-order valence-corrected chi connectivity index (χ0v) is 12.1. The summed E-state index contributed by atoms with van der Waals surface area (Å²) >= 11 is 0. The SMILES string of the molecule is CN(C1CC1)S(=O)(=O)c1ccc(C2(C(=O)O)CC2)cc1. The van der Waals surface area contributed by atoms with Crippen molar-refractivity contribution in [3.8, 4) is 0 Å². The summed E-state index contributed by atoms with van der Waals surface area (Å²) in [5, 5.41) is 9.23. The molecule has 3 rings (SSSR count). The van der Waals surface area contributed by atoms with Gasteiger partial charge in [0, 0.05) is 13.1 Å². The van der Waals surface area contributed by atoms with Gasteiger partial charge in [-0.3, -0.25) is 4.79 Å². The van der Waals surface area contributed by atoms with Crippen LogP contribution in [0.5, 0.6) is 0 Å². The first-order valence-corrected chi connectivity index (χ1v) is 8.14. The second kappa shape index (κ2) is 4.30. The molecule has 0 bridgehead atoms. The molecule has 0 atom stereocenters. The Labute approximate surface area is 118 Å². The van der Waals surface area contributed by atoms with E-state index in [-0.39, 0.29) is 10.9 Å². The first kappa shape index (κ1) is 13.6. The van der Waals surface area contributed by atoms with Crippen molar-refractivity contribution in [2.24, 2.45) is 0 Å². The van der Waals surface area contributed by atoms with E-state index < -0.39 is 21.4 Å². The molecule has 2 fully saturated rings. The van der Waals surface area contributed by atoms with E-state index in [0.29, 0.717) is 18.4 Å². The third-order valence-corrected chi connectivity index (χ3v) is 6.23. The minimum absolute atomic E-state index is 0.119. The Kier molecular flexibility index (Phi) is 2.92. The van der Waals surface area contributed by atoms with Crippen LogP contribution in [0.25, 0.3) is 0 Å². The van der Waals surface area contributed by atoms with Crippen molar-refractivity contribution in [1.29, 1.82) is 0 Å². The van der Waals surface area contributed by atoms with Crippen molar-refractivity contribution >= 4 is 16.0 Å². The molecule has 6 heteroatoms. The van der Waals surface area contributed by atoms with Gasteiger partial charge in [0.25, 0.3) is 0 Å². The van der Waals surface area contributed by atoms with Gasteiger partial charge in [-0.1, -0.05) is 12.1 Å². The van der Waals surface area contributed by atoms with Crippen molar-refractivity contribution in [3.05, 3.63) is 29.8 Å². The van der Waals surface area contributed by atoms with Gasteiger partial charge in [-0.05, 0) is 43.4 Å². The molecular weight excluding hydrogens is 278 g/mol. The molecule has 1 aromatic carbocycles. The number of hydrogen-bond acceptors (Lipinski definition) is 3. The monoisotopic (exact) mass is 295 g/mol. The van der Waals surface area contributed by atoms with Crippen molar-refractivity contribution in [1.82, 2.24) is 4.31 Å². The summed E-state index contributed by atoms with van der Waals surface area (Å²) < 4.78 is 26.1. The number of hydrogen-bond donors (Lipinski definition) is 1. The Hall–Kier alpha value is -1.40. The highest BCUT2D eigenvalue weighted by Gasteiger charge is 2.51. The maximum Gasteiger partial charge on any atom is 0.314 e. The average Bonchev–Trinajstić information content (AvgIpc) is 3.30. The number of rotatable bonds is 5. The van der Waals surface area contributed by atoms with Gasteiger partial charge in [-0.25, -0.2) is 8.42 Å². The molecule has 0 saturated heterocycles. The molecule has 2 aliphatic rings. The predicted octanol–water partition coefficient (Wildman–Crippen LogP) is 1.59. The fourth-order valence-electron chi connectivity index (χ4n) is 2.50. The zero-order valence-electron chi connectivity index (χ0n) is 11.2. The van der Waals surface area contributed by atoms with Gasteiger partial charge >= 0.3 is 5.97 Å². The van der Waals surface area contributed by atoms with E-state index >= 15 is 0 Å². The highest BCUT2D eigenvalue weighted by atomic mass is 32.2. The summed E-state index contributed by atoms with van der Waals surface area (Å²) in [6.07, 6.45) is 3.07. The van der Waals surface area contributed by atoms with Crippen LogP contribution in [0.1, 0.15) is 31.2 Å². The van der Waals surface area contributed by atoms with Crippen LogP contribution in [-0.4, -0.2) is 36.9 Å². The van der Waals surface area contributed by atoms with Crippen LogP contribution >= 0.6 is 0 Å². The Bertz CT molecular complexity index is 642. The largest absolute Gasteiger partial charge is 0.481 e. The summed E-state index contributed by atoms with van der Waals surface area (Å²) in [4.78, 5) is 11.5. The van der Waals surface area contributed by atoms with E-state index in [9.17, 15) is 18.3 Å². The van der Waals surface area contributed by atoms with E-state index in [1.165, 1.54) is 16.4 Å². The predicted molar refractivity (Wildman–Crippen MR) is 73.0 cm³/mol. The summed E-state index contributed by atoms with van der Waals surface area (Å²) in [6, 6.07) is 6.43. The number of carboxylic acids is 1. The molecule has 0 aromatic heterocycles. The highest BCUT2D eigenvalue weighted by molar-refractivity contribution is 7.89. The van der Waals surface area contributed by atoms with E-state index in [1.807, 2.05) is 0 Å². The average molecular weight is 295 g/mol. The third kappa shape index (κ3) is 2.03. The molecular formula is C14H17NO4S. The summed E-state index contributed by atoms with van der Waals surface area (Å²) in [5.74, 6) is -0.830. The lowest BCUT2D eigenvalue weighted by molar-refractivity contribution is -0.140. The quantitative estimate of drug-likeness (QED) is 0.895. The second-order valence-electron chi connectivity index (χ2n) is 5.66. The first-order chi connectivity index (χ1) is 9.38. The third-order valence-electron chi connectivity index (χ3n) is 4.30. The number of aliphatic carboxylic acids is 1. The molecule has 20 heavy (non-hydrogen) atoms. The fraction of sp³-hybridized carbons (Fsp3) is 0.500. The van der Waals surface area contributed by atoms with Crippen LogP contribution in [-0.2, 0) is 20.2 Å². The highest BCUT2D eigenvalue weighted by Crippen LogP contribution is 2.48. The van der Waals surface area contributed by atoms with E-state index in [4.69, 9.17) is 0 Å². The van der Waals surface area contributed by atoms with Crippen LogP contribution < -0.4 is 0 Å². The Morgan fingerprint density at radius 2 is 1.80 bits per heavy atom. The van der Waals surface area contributed by atoms with Gasteiger partial charge in [0.1, 0.15) is 0 Å². The topological polar surface area (TPSA) is 74.7 Å². The lowest BCUT2D eigenvalue weighted by Gasteiger charge is -2.17. The van der Waals surface area contributed by atoms with Gasteiger partial charge in [-0.15, -0.1) is 0 Å². The smallest absolute Gasteiger partial charge is 0.314 e. The van der Waals surface area contributed by atoms with Gasteiger partial charge in [0.2, 0.25) is 10.0 Å².